The number of fused-ring (bicyclic) bond motifs is 2. The van der Waals surface area contributed by atoms with Gasteiger partial charge in [0.2, 0.25) is 0 Å². The first-order chi connectivity index (χ1) is 15.7. The van der Waals surface area contributed by atoms with Crippen LogP contribution in [-0.2, 0) is 11.3 Å². The molecule has 2 aliphatic rings. The van der Waals surface area contributed by atoms with Gasteiger partial charge in [0.1, 0.15) is 11.7 Å². The average molecular weight is 453 g/mol. The summed E-state index contributed by atoms with van der Waals surface area (Å²) in [6.45, 7) is 3.72. The van der Waals surface area contributed by atoms with E-state index < -0.39 is 11.8 Å². The number of anilines is 1. The molecule has 1 fully saturated rings. The highest BCUT2D eigenvalue weighted by Gasteiger charge is 2.36. The van der Waals surface area contributed by atoms with E-state index in [-0.39, 0.29) is 30.8 Å². The molecule has 1 aromatic carbocycles. The third-order valence-electron chi connectivity index (χ3n) is 6.15. The van der Waals surface area contributed by atoms with Crippen LogP contribution in [0.25, 0.3) is 5.65 Å². The number of nitrogens with zero attached hydrogens (tertiary/aromatic N) is 4. The molecule has 172 valence electrons. The molecule has 1 atom stereocenters. The monoisotopic (exact) mass is 453 g/mol. The standard InChI is InChI=1S/C23H24FN5O4/c1-23(2,32)19(24)10-28-9-13-6-18(15(14-11-33-12-14)7-16(13)22(28)31)27-21(30)17-8-26-29-5-3-4-25-20(17)29/h3-8,14,19,32H,9-12H2,1-2H3,(H,27,30)/t19-/m1/s1. The molecule has 2 aromatic heterocycles. The Kier molecular flexibility index (Phi) is 5.13. The molecule has 0 bridgehead atoms. The van der Waals surface area contributed by atoms with Gasteiger partial charge in [0, 0.05) is 36.1 Å². The van der Waals surface area contributed by atoms with E-state index in [1.165, 1.54) is 29.5 Å². The van der Waals surface area contributed by atoms with E-state index in [2.05, 4.69) is 15.4 Å². The molecule has 0 aliphatic carbocycles. The molecule has 4 heterocycles. The van der Waals surface area contributed by atoms with E-state index in [1.54, 1.807) is 30.6 Å². The Morgan fingerprint density at radius 1 is 1.39 bits per heavy atom. The maximum absolute atomic E-state index is 14.4. The second kappa shape index (κ2) is 7.89. The minimum absolute atomic E-state index is 0.0415. The average Bonchev–Trinajstić information content (AvgIpc) is 3.28. The predicted octanol–water partition coefficient (Wildman–Crippen LogP) is 2.16. The van der Waals surface area contributed by atoms with Crippen molar-refractivity contribution in [1.29, 1.82) is 0 Å². The molecule has 0 spiro atoms. The zero-order valence-corrected chi connectivity index (χ0v) is 18.3. The summed E-state index contributed by atoms with van der Waals surface area (Å²) in [6, 6.07) is 5.26. The number of hydrogen-bond acceptors (Lipinski definition) is 6. The lowest BCUT2D eigenvalue weighted by atomic mass is 9.92. The summed E-state index contributed by atoms with van der Waals surface area (Å²) in [5, 5.41) is 17.0. The number of ether oxygens (including phenoxy) is 1. The fourth-order valence-electron chi connectivity index (χ4n) is 4.04. The predicted molar refractivity (Wildman–Crippen MR) is 117 cm³/mol. The molecule has 9 nitrogen and oxygen atoms in total. The number of aliphatic hydroxyl groups is 1. The molecule has 2 aliphatic heterocycles. The van der Waals surface area contributed by atoms with Crippen molar-refractivity contribution in [3.05, 3.63) is 59.0 Å². The number of nitrogens with one attached hydrogen (secondary N) is 1. The first-order valence-electron chi connectivity index (χ1n) is 10.7. The summed E-state index contributed by atoms with van der Waals surface area (Å²) >= 11 is 0. The molecule has 0 saturated carbocycles. The molecule has 10 heteroatoms. The van der Waals surface area contributed by atoms with E-state index in [9.17, 15) is 19.1 Å². The number of rotatable bonds is 6. The number of benzene rings is 1. The van der Waals surface area contributed by atoms with Crippen molar-refractivity contribution in [2.45, 2.75) is 38.1 Å². The van der Waals surface area contributed by atoms with Crippen molar-refractivity contribution in [1.82, 2.24) is 19.5 Å². The van der Waals surface area contributed by atoms with Crippen LogP contribution in [0.5, 0.6) is 0 Å². The highest BCUT2D eigenvalue weighted by atomic mass is 19.1. The molecular formula is C23H24FN5O4. The summed E-state index contributed by atoms with van der Waals surface area (Å²) in [6.07, 6.45) is 3.17. The summed E-state index contributed by atoms with van der Waals surface area (Å²) in [5.74, 6) is -0.611. The lowest BCUT2D eigenvalue weighted by Crippen LogP contribution is -2.42. The molecule has 2 amide bonds. The third kappa shape index (κ3) is 3.85. The quantitative estimate of drug-likeness (QED) is 0.592. The maximum atomic E-state index is 14.4. The Hall–Kier alpha value is -3.37. The second-order valence-corrected chi connectivity index (χ2v) is 9.04. The molecule has 0 unspecified atom stereocenters. The number of hydrogen-bond donors (Lipinski definition) is 2. The molecule has 5 rings (SSSR count). The minimum Gasteiger partial charge on any atom is -0.387 e. The van der Waals surface area contributed by atoms with Gasteiger partial charge in [0.05, 0.1) is 31.6 Å². The van der Waals surface area contributed by atoms with Gasteiger partial charge in [0.15, 0.2) is 5.65 Å². The Morgan fingerprint density at radius 2 is 2.18 bits per heavy atom. The summed E-state index contributed by atoms with van der Waals surface area (Å²) in [4.78, 5) is 31.6. The Bertz CT molecular complexity index is 1250. The first kappa shape index (κ1) is 21.5. The van der Waals surface area contributed by atoms with Crippen LogP contribution in [0.3, 0.4) is 0 Å². The number of alkyl halides is 1. The van der Waals surface area contributed by atoms with Crippen molar-refractivity contribution >= 4 is 23.1 Å². The Morgan fingerprint density at radius 3 is 2.88 bits per heavy atom. The fraction of sp³-hybridized carbons (Fsp3) is 0.391. The van der Waals surface area contributed by atoms with Crippen LogP contribution in [0.15, 0.2) is 36.8 Å². The molecule has 33 heavy (non-hydrogen) atoms. The van der Waals surface area contributed by atoms with Crippen LogP contribution in [0, 0.1) is 0 Å². The smallest absolute Gasteiger partial charge is 0.261 e. The highest BCUT2D eigenvalue weighted by Crippen LogP contribution is 2.36. The number of amides is 2. The molecule has 0 radical (unpaired) electrons. The Balaban J connectivity index is 1.45. The number of carbonyl (C=O) groups is 2. The van der Waals surface area contributed by atoms with Crippen molar-refractivity contribution < 1.29 is 23.8 Å². The van der Waals surface area contributed by atoms with Crippen LogP contribution < -0.4 is 5.32 Å². The third-order valence-corrected chi connectivity index (χ3v) is 6.15. The molecular weight excluding hydrogens is 429 g/mol. The van der Waals surface area contributed by atoms with Gasteiger partial charge >= 0.3 is 0 Å². The summed E-state index contributed by atoms with van der Waals surface area (Å²) in [7, 11) is 0. The van der Waals surface area contributed by atoms with Crippen molar-refractivity contribution in [2.75, 3.05) is 25.1 Å². The molecule has 2 N–H and O–H groups in total. The van der Waals surface area contributed by atoms with Crippen LogP contribution in [0.2, 0.25) is 0 Å². The van der Waals surface area contributed by atoms with Gasteiger partial charge in [0.25, 0.3) is 11.8 Å². The zero-order chi connectivity index (χ0) is 23.3. The van der Waals surface area contributed by atoms with Gasteiger partial charge in [-0.3, -0.25) is 9.59 Å². The van der Waals surface area contributed by atoms with E-state index in [1.807, 2.05) is 0 Å². The van der Waals surface area contributed by atoms with Gasteiger partial charge in [-0.1, -0.05) is 0 Å². The highest BCUT2D eigenvalue weighted by molar-refractivity contribution is 6.09. The normalized spacial score (nSPS) is 17.2. The lowest BCUT2D eigenvalue weighted by Gasteiger charge is -2.28. The lowest BCUT2D eigenvalue weighted by molar-refractivity contribution is -0.0159. The number of aromatic nitrogens is 3. The Labute approximate surface area is 189 Å². The molecule has 3 aromatic rings. The minimum atomic E-state index is -1.59. The van der Waals surface area contributed by atoms with E-state index in [0.29, 0.717) is 41.2 Å². The fourth-order valence-corrected chi connectivity index (χ4v) is 4.04. The van der Waals surface area contributed by atoms with E-state index in [4.69, 9.17) is 4.74 Å². The van der Waals surface area contributed by atoms with Gasteiger partial charge in [-0.25, -0.2) is 13.9 Å². The van der Waals surface area contributed by atoms with E-state index >= 15 is 0 Å². The van der Waals surface area contributed by atoms with Crippen molar-refractivity contribution in [3.63, 3.8) is 0 Å². The zero-order valence-electron chi connectivity index (χ0n) is 18.3. The van der Waals surface area contributed by atoms with Gasteiger partial charge < -0.3 is 20.1 Å². The van der Waals surface area contributed by atoms with Crippen molar-refractivity contribution in [3.8, 4) is 0 Å². The number of halogens is 1. The van der Waals surface area contributed by atoms with Gasteiger partial charge in [-0.15, -0.1) is 0 Å². The largest absolute Gasteiger partial charge is 0.387 e. The van der Waals surface area contributed by atoms with Crippen LogP contribution in [0.1, 0.15) is 51.6 Å². The summed E-state index contributed by atoms with van der Waals surface area (Å²) in [5.41, 5.74) is 1.77. The second-order valence-electron chi connectivity index (χ2n) is 9.04. The van der Waals surface area contributed by atoms with Crippen LogP contribution >= 0.6 is 0 Å². The molecule has 1 saturated heterocycles. The first-order valence-corrected chi connectivity index (χ1v) is 10.7. The van der Waals surface area contributed by atoms with Crippen LogP contribution in [-0.4, -0.2) is 68.0 Å². The summed E-state index contributed by atoms with van der Waals surface area (Å²) < 4.78 is 21.3. The van der Waals surface area contributed by atoms with Gasteiger partial charge in [-0.05, 0) is 43.2 Å². The number of carbonyl (C=O) groups excluding carboxylic acids is 2. The van der Waals surface area contributed by atoms with Crippen LogP contribution in [0.4, 0.5) is 10.1 Å². The topological polar surface area (TPSA) is 109 Å². The SMILES string of the molecule is CC(C)(O)[C@H](F)CN1Cc2cc(NC(=O)c3cnn4cccnc34)c(C3COC3)cc2C1=O. The van der Waals surface area contributed by atoms with Crippen molar-refractivity contribution in [2.24, 2.45) is 0 Å². The van der Waals surface area contributed by atoms with E-state index in [0.717, 1.165) is 5.56 Å². The van der Waals surface area contributed by atoms with Gasteiger partial charge in [-0.2, -0.15) is 5.10 Å². The maximum Gasteiger partial charge on any atom is 0.261 e.